The fourth-order valence-electron chi connectivity index (χ4n) is 3.52. The summed E-state index contributed by atoms with van der Waals surface area (Å²) in [5.41, 5.74) is 1.62. The van der Waals surface area contributed by atoms with E-state index in [2.05, 4.69) is 5.10 Å². The van der Waals surface area contributed by atoms with E-state index >= 15 is 0 Å². The van der Waals surface area contributed by atoms with E-state index in [-0.39, 0.29) is 24.7 Å². The summed E-state index contributed by atoms with van der Waals surface area (Å²) in [6, 6.07) is 10.3. The highest BCUT2D eigenvalue weighted by Gasteiger charge is 2.41. The van der Waals surface area contributed by atoms with Gasteiger partial charge in [-0.1, -0.05) is 0 Å². The van der Waals surface area contributed by atoms with Crippen molar-refractivity contribution in [1.82, 2.24) is 14.7 Å². The predicted octanol–water partition coefficient (Wildman–Crippen LogP) is 2.14. The smallest absolute Gasteiger partial charge is 0.272 e. The number of carbonyl (C=O) groups is 1. The number of likely N-dealkylation sites (tertiary alicyclic amines) is 1. The molecule has 164 valence electrons. The molecule has 0 spiro atoms. The van der Waals surface area contributed by atoms with Gasteiger partial charge >= 0.3 is 0 Å². The van der Waals surface area contributed by atoms with E-state index in [1.54, 1.807) is 57.7 Å². The van der Waals surface area contributed by atoms with Crippen LogP contribution in [0.4, 0.5) is 0 Å². The first-order valence-corrected chi connectivity index (χ1v) is 11.3. The van der Waals surface area contributed by atoms with E-state index in [1.807, 2.05) is 0 Å². The Morgan fingerprint density at radius 3 is 2.61 bits per heavy atom. The number of carbonyl (C=O) groups excluding carboxylic acids is 1. The number of benzene rings is 1. The van der Waals surface area contributed by atoms with Gasteiger partial charge in [0.2, 0.25) is 0 Å². The normalized spacial score (nSPS) is 14.4. The lowest BCUT2D eigenvalue weighted by Gasteiger charge is -2.38. The van der Waals surface area contributed by atoms with Crippen LogP contribution in [0.2, 0.25) is 0 Å². The molecule has 1 amide bonds. The lowest BCUT2D eigenvalue weighted by atomic mass is 10.1. The zero-order valence-electron chi connectivity index (χ0n) is 17.4. The Morgan fingerprint density at radius 2 is 1.97 bits per heavy atom. The van der Waals surface area contributed by atoms with Gasteiger partial charge in [-0.25, -0.2) is 8.42 Å². The molecule has 9 nitrogen and oxygen atoms in total. The molecule has 1 saturated heterocycles. The van der Waals surface area contributed by atoms with E-state index in [4.69, 9.17) is 13.9 Å². The number of aromatic nitrogens is 2. The van der Waals surface area contributed by atoms with Gasteiger partial charge in [0, 0.05) is 25.7 Å². The summed E-state index contributed by atoms with van der Waals surface area (Å²) in [7, 11) is 1.40. The van der Waals surface area contributed by atoms with Crippen LogP contribution in [0.15, 0.2) is 47.1 Å². The van der Waals surface area contributed by atoms with Gasteiger partial charge in [-0.15, -0.1) is 0 Å². The van der Waals surface area contributed by atoms with E-state index in [0.29, 0.717) is 34.2 Å². The first-order valence-electron chi connectivity index (χ1n) is 9.62. The monoisotopic (exact) mass is 445 g/mol. The number of aryl methyl sites for hydroxylation is 1. The number of sulfone groups is 1. The number of nitrogens with zero attached hydrogens (tertiary/aromatic N) is 3. The molecular weight excluding hydrogens is 422 g/mol. The SMILES string of the molecule is COc1ccc(OC)c(-c2cc(C(=O)N3CC(S(=O)(=O)Cc4ccco4)C3)n(C)n2)c1. The molecule has 1 aromatic carbocycles. The third-order valence-electron chi connectivity index (χ3n) is 5.35. The molecule has 3 heterocycles. The molecule has 0 atom stereocenters. The summed E-state index contributed by atoms with van der Waals surface area (Å²) < 4.78 is 42.4. The van der Waals surface area contributed by atoms with Gasteiger partial charge in [-0.3, -0.25) is 9.48 Å². The number of methoxy groups -OCH3 is 2. The second-order valence-electron chi connectivity index (χ2n) is 7.32. The molecule has 0 N–H and O–H groups in total. The quantitative estimate of drug-likeness (QED) is 0.549. The molecule has 3 aromatic rings. The largest absolute Gasteiger partial charge is 0.497 e. The Labute approximate surface area is 180 Å². The standard InChI is InChI=1S/C21H23N3O6S/c1-23-19(10-18(22-23)17-9-14(28-2)6-7-20(17)29-3)21(25)24-11-16(12-24)31(26,27)13-15-5-4-8-30-15/h4-10,16H,11-13H2,1-3H3. The molecule has 0 radical (unpaired) electrons. The van der Waals surface area contributed by atoms with Crippen molar-refractivity contribution in [3.8, 4) is 22.8 Å². The van der Waals surface area contributed by atoms with Gasteiger partial charge in [-0.05, 0) is 36.4 Å². The molecule has 2 aromatic heterocycles. The van der Waals surface area contributed by atoms with Crippen molar-refractivity contribution in [2.45, 2.75) is 11.0 Å². The Bertz CT molecular complexity index is 1190. The molecule has 0 bridgehead atoms. The van der Waals surface area contributed by atoms with Crippen molar-refractivity contribution in [2.75, 3.05) is 27.3 Å². The van der Waals surface area contributed by atoms with Crippen LogP contribution < -0.4 is 9.47 Å². The number of furan rings is 1. The van der Waals surface area contributed by atoms with Gasteiger partial charge in [-0.2, -0.15) is 5.10 Å². The minimum atomic E-state index is -3.40. The lowest BCUT2D eigenvalue weighted by Crippen LogP contribution is -2.57. The minimum absolute atomic E-state index is 0.144. The maximum absolute atomic E-state index is 13.0. The van der Waals surface area contributed by atoms with Crippen LogP contribution in [0.25, 0.3) is 11.3 Å². The van der Waals surface area contributed by atoms with Crippen molar-refractivity contribution in [3.63, 3.8) is 0 Å². The summed E-state index contributed by atoms with van der Waals surface area (Å²) in [6.45, 7) is 0.287. The number of ether oxygens (including phenoxy) is 2. The maximum atomic E-state index is 13.0. The summed E-state index contributed by atoms with van der Waals surface area (Å²) in [6.07, 6.45) is 1.44. The third-order valence-corrected chi connectivity index (χ3v) is 7.35. The van der Waals surface area contributed by atoms with E-state index in [1.165, 1.54) is 15.8 Å². The topological polar surface area (TPSA) is 104 Å². The second kappa shape index (κ2) is 8.10. The fraction of sp³-hybridized carbons (Fsp3) is 0.333. The molecule has 4 rings (SSSR count). The highest BCUT2D eigenvalue weighted by molar-refractivity contribution is 7.91. The fourth-order valence-corrected chi connectivity index (χ4v) is 5.13. The van der Waals surface area contributed by atoms with Gasteiger partial charge in [0.05, 0.1) is 31.4 Å². The number of hydrogen-bond donors (Lipinski definition) is 0. The van der Waals surface area contributed by atoms with Gasteiger partial charge in [0.15, 0.2) is 9.84 Å². The Kier molecular flexibility index (Phi) is 5.48. The molecule has 31 heavy (non-hydrogen) atoms. The van der Waals surface area contributed by atoms with Crippen molar-refractivity contribution in [3.05, 3.63) is 54.1 Å². The minimum Gasteiger partial charge on any atom is -0.497 e. The summed E-state index contributed by atoms with van der Waals surface area (Å²) in [5, 5.41) is 3.84. The van der Waals surface area contributed by atoms with E-state index < -0.39 is 15.1 Å². The molecule has 0 aliphatic carbocycles. The predicted molar refractivity (Wildman–Crippen MR) is 113 cm³/mol. The summed E-state index contributed by atoms with van der Waals surface area (Å²) in [4.78, 5) is 14.5. The molecule has 10 heteroatoms. The van der Waals surface area contributed by atoms with Crippen LogP contribution >= 0.6 is 0 Å². The van der Waals surface area contributed by atoms with Crippen LogP contribution in [0, 0.1) is 0 Å². The number of amides is 1. The maximum Gasteiger partial charge on any atom is 0.272 e. The van der Waals surface area contributed by atoms with Crippen LogP contribution in [0.3, 0.4) is 0 Å². The van der Waals surface area contributed by atoms with Gasteiger partial charge in [0.1, 0.15) is 28.7 Å². The molecular formula is C21H23N3O6S. The van der Waals surface area contributed by atoms with Crippen molar-refractivity contribution in [1.29, 1.82) is 0 Å². The highest BCUT2D eigenvalue weighted by Crippen LogP contribution is 2.33. The third kappa shape index (κ3) is 4.02. The van der Waals surface area contributed by atoms with Crippen molar-refractivity contribution in [2.24, 2.45) is 7.05 Å². The highest BCUT2D eigenvalue weighted by atomic mass is 32.2. The van der Waals surface area contributed by atoms with Crippen molar-refractivity contribution < 1.29 is 27.1 Å². The van der Waals surface area contributed by atoms with Crippen LogP contribution in [-0.4, -0.2) is 61.6 Å². The molecule has 1 aliphatic heterocycles. The average molecular weight is 445 g/mol. The van der Waals surface area contributed by atoms with Crippen molar-refractivity contribution >= 4 is 15.7 Å². The van der Waals surface area contributed by atoms with Gasteiger partial charge in [0.25, 0.3) is 5.91 Å². The second-order valence-corrected chi connectivity index (χ2v) is 9.60. The zero-order chi connectivity index (χ0) is 22.2. The zero-order valence-corrected chi connectivity index (χ0v) is 18.3. The Hall–Kier alpha value is -3.27. The Morgan fingerprint density at radius 1 is 1.19 bits per heavy atom. The summed E-state index contributed by atoms with van der Waals surface area (Å²) in [5.74, 6) is 1.20. The van der Waals surface area contributed by atoms with Gasteiger partial charge < -0.3 is 18.8 Å². The van der Waals surface area contributed by atoms with E-state index in [9.17, 15) is 13.2 Å². The molecule has 0 saturated carbocycles. The van der Waals surface area contributed by atoms with Crippen LogP contribution in [-0.2, 0) is 22.6 Å². The van der Waals surface area contributed by atoms with Crippen LogP contribution in [0.1, 0.15) is 16.2 Å². The van der Waals surface area contributed by atoms with Crippen LogP contribution in [0.5, 0.6) is 11.5 Å². The molecule has 0 unspecified atom stereocenters. The number of rotatable bonds is 7. The summed E-state index contributed by atoms with van der Waals surface area (Å²) >= 11 is 0. The first kappa shape index (κ1) is 21.0. The van der Waals surface area contributed by atoms with E-state index in [0.717, 1.165) is 0 Å². The molecule has 1 aliphatic rings. The number of hydrogen-bond acceptors (Lipinski definition) is 7. The average Bonchev–Trinajstić information content (AvgIpc) is 3.34. The first-order chi connectivity index (χ1) is 14.8. The molecule has 1 fully saturated rings. The Balaban J connectivity index is 1.50. The lowest BCUT2D eigenvalue weighted by molar-refractivity contribution is 0.0647.